The van der Waals surface area contributed by atoms with Crippen molar-refractivity contribution in [3.8, 4) is 0 Å². The highest BCUT2D eigenvalue weighted by atomic mass is 35.5. The van der Waals surface area contributed by atoms with Crippen molar-refractivity contribution in [3.63, 3.8) is 0 Å². The number of carbonyl (C=O) groups is 1. The zero-order valence-electron chi connectivity index (χ0n) is 9.49. The van der Waals surface area contributed by atoms with Crippen LogP contribution in [0.25, 0.3) is 0 Å². The van der Waals surface area contributed by atoms with E-state index in [1.165, 1.54) is 5.56 Å². The number of halogens is 1. The van der Waals surface area contributed by atoms with Crippen molar-refractivity contribution < 1.29 is 9.53 Å². The first kappa shape index (κ1) is 12.0. The molecule has 2 N–H and O–H groups in total. The number of hydrogen-bond donors (Lipinski definition) is 1. The Hall–Kier alpha value is -1.42. The maximum Gasteiger partial charge on any atom is 0.410 e. The molecule has 0 aromatic heterocycles. The van der Waals surface area contributed by atoms with Gasteiger partial charge in [0.25, 0.3) is 0 Å². The van der Waals surface area contributed by atoms with Gasteiger partial charge in [0.1, 0.15) is 6.61 Å². The minimum absolute atomic E-state index is 0.251. The Labute approximate surface area is 105 Å². The normalized spacial score (nSPS) is 14.3. The molecule has 1 aliphatic heterocycles. The van der Waals surface area contributed by atoms with E-state index >= 15 is 0 Å². The van der Waals surface area contributed by atoms with Gasteiger partial charge in [-0.25, -0.2) is 4.79 Å². The van der Waals surface area contributed by atoms with E-state index in [9.17, 15) is 4.79 Å². The Balaban J connectivity index is 2.04. The lowest BCUT2D eigenvalue weighted by molar-refractivity contribution is 0.103. The summed E-state index contributed by atoms with van der Waals surface area (Å²) in [7, 11) is 0. The molecule has 0 spiro atoms. The van der Waals surface area contributed by atoms with Crippen LogP contribution in [0, 0.1) is 0 Å². The second kappa shape index (κ2) is 5.27. The first-order valence-corrected chi connectivity index (χ1v) is 6.09. The van der Waals surface area contributed by atoms with Crippen LogP contribution in [0.4, 0.5) is 10.5 Å². The number of rotatable bonds is 2. The Kier molecular flexibility index (Phi) is 3.74. The Bertz CT molecular complexity index is 423. The lowest BCUT2D eigenvalue weighted by atomic mass is 9.99. The molecule has 0 fully saturated rings. The van der Waals surface area contributed by atoms with Crippen LogP contribution in [0.1, 0.15) is 11.1 Å². The van der Waals surface area contributed by atoms with Gasteiger partial charge in [-0.3, -0.25) is 0 Å². The SMILES string of the molecule is Nc1ccc2c(c1)CN(C(=O)OCCCl)CC2. The average molecular weight is 255 g/mol. The van der Waals surface area contributed by atoms with Gasteiger partial charge in [-0.2, -0.15) is 0 Å². The molecule has 0 atom stereocenters. The van der Waals surface area contributed by atoms with Gasteiger partial charge in [-0.15, -0.1) is 11.6 Å². The van der Waals surface area contributed by atoms with Gasteiger partial charge in [0.05, 0.1) is 5.88 Å². The van der Waals surface area contributed by atoms with Crippen LogP contribution in [0.2, 0.25) is 0 Å². The van der Waals surface area contributed by atoms with Crippen molar-refractivity contribution in [3.05, 3.63) is 29.3 Å². The van der Waals surface area contributed by atoms with Crippen LogP contribution in [0.15, 0.2) is 18.2 Å². The second-order valence-corrected chi connectivity index (χ2v) is 4.38. The third-order valence-corrected chi connectivity index (χ3v) is 2.96. The highest BCUT2D eigenvalue weighted by Gasteiger charge is 2.21. The third-order valence-electron chi connectivity index (χ3n) is 2.80. The molecule has 1 aliphatic rings. The number of benzene rings is 1. The number of fused-ring (bicyclic) bond motifs is 1. The van der Waals surface area contributed by atoms with Gasteiger partial charge >= 0.3 is 6.09 Å². The first-order chi connectivity index (χ1) is 8.20. The van der Waals surface area contributed by atoms with Crippen LogP contribution in [-0.2, 0) is 17.7 Å². The number of anilines is 1. The Morgan fingerprint density at radius 3 is 3.06 bits per heavy atom. The first-order valence-electron chi connectivity index (χ1n) is 5.55. The molecule has 1 aromatic rings. The molecule has 0 radical (unpaired) electrons. The average Bonchev–Trinajstić information content (AvgIpc) is 2.35. The quantitative estimate of drug-likeness (QED) is 0.649. The van der Waals surface area contributed by atoms with E-state index in [1.807, 2.05) is 18.2 Å². The number of ether oxygens (including phenoxy) is 1. The summed E-state index contributed by atoms with van der Waals surface area (Å²) in [4.78, 5) is 13.3. The number of nitrogens with zero attached hydrogens (tertiary/aromatic N) is 1. The van der Waals surface area contributed by atoms with Crippen molar-refractivity contribution in [1.82, 2.24) is 4.90 Å². The van der Waals surface area contributed by atoms with Gasteiger partial charge in [0.2, 0.25) is 0 Å². The van der Waals surface area contributed by atoms with Gasteiger partial charge in [-0.05, 0) is 29.7 Å². The maximum absolute atomic E-state index is 11.7. The van der Waals surface area contributed by atoms with Crippen molar-refractivity contribution in [2.24, 2.45) is 0 Å². The van der Waals surface area contributed by atoms with Crippen LogP contribution >= 0.6 is 11.6 Å². The monoisotopic (exact) mass is 254 g/mol. The number of amides is 1. The summed E-state index contributed by atoms with van der Waals surface area (Å²) in [5.41, 5.74) is 8.80. The maximum atomic E-state index is 11.7. The molecule has 1 amide bonds. The summed E-state index contributed by atoms with van der Waals surface area (Å²) in [6, 6.07) is 5.82. The molecule has 1 aromatic carbocycles. The molecular formula is C12H15ClN2O2. The standard InChI is InChI=1S/C12H15ClN2O2/c13-4-6-17-12(16)15-5-3-9-1-2-11(14)7-10(9)8-15/h1-2,7H,3-6,8,14H2. The highest BCUT2D eigenvalue weighted by Crippen LogP contribution is 2.21. The van der Waals surface area contributed by atoms with E-state index in [2.05, 4.69) is 0 Å². The summed E-state index contributed by atoms with van der Waals surface area (Å²) in [6.45, 7) is 1.49. The smallest absolute Gasteiger partial charge is 0.410 e. The Morgan fingerprint density at radius 1 is 1.47 bits per heavy atom. The summed E-state index contributed by atoms with van der Waals surface area (Å²) < 4.78 is 5.00. The zero-order chi connectivity index (χ0) is 12.3. The molecule has 5 heteroatoms. The molecule has 0 aliphatic carbocycles. The molecule has 0 saturated carbocycles. The molecule has 17 heavy (non-hydrogen) atoms. The summed E-state index contributed by atoms with van der Waals surface area (Å²) in [5, 5.41) is 0. The van der Waals surface area contributed by atoms with Crippen molar-refractivity contribution in [1.29, 1.82) is 0 Å². The fourth-order valence-electron chi connectivity index (χ4n) is 1.95. The second-order valence-electron chi connectivity index (χ2n) is 4.00. The fraction of sp³-hybridized carbons (Fsp3) is 0.417. The highest BCUT2D eigenvalue weighted by molar-refractivity contribution is 6.18. The lowest BCUT2D eigenvalue weighted by Crippen LogP contribution is -2.36. The predicted octanol–water partition coefficient (Wildman–Crippen LogP) is 2.00. The van der Waals surface area contributed by atoms with E-state index in [1.54, 1.807) is 4.90 Å². The van der Waals surface area contributed by atoms with Crippen molar-refractivity contribution in [2.45, 2.75) is 13.0 Å². The summed E-state index contributed by atoms with van der Waals surface area (Å²) >= 11 is 5.47. The lowest BCUT2D eigenvalue weighted by Gasteiger charge is -2.28. The van der Waals surface area contributed by atoms with Crippen LogP contribution < -0.4 is 5.73 Å². The van der Waals surface area contributed by atoms with Crippen LogP contribution in [-0.4, -0.2) is 30.0 Å². The van der Waals surface area contributed by atoms with E-state index in [4.69, 9.17) is 22.1 Å². The van der Waals surface area contributed by atoms with Crippen LogP contribution in [0.5, 0.6) is 0 Å². The Morgan fingerprint density at radius 2 is 2.29 bits per heavy atom. The molecule has 0 bridgehead atoms. The largest absolute Gasteiger partial charge is 0.448 e. The van der Waals surface area contributed by atoms with Gasteiger partial charge in [0.15, 0.2) is 0 Å². The van der Waals surface area contributed by atoms with Gasteiger partial charge in [0, 0.05) is 18.8 Å². The van der Waals surface area contributed by atoms with E-state index < -0.39 is 0 Å². The molecule has 1 heterocycles. The number of alkyl halides is 1. The molecule has 92 valence electrons. The zero-order valence-corrected chi connectivity index (χ0v) is 10.2. The minimum atomic E-state index is -0.307. The number of hydrogen-bond acceptors (Lipinski definition) is 3. The topological polar surface area (TPSA) is 55.6 Å². The predicted molar refractivity (Wildman–Crippen MR) is 67.0 cm³/mol. The summed E-state index contributed by atoms with van der Waals surface area (Å²) in [5.74, 6) is 0.323. The van der Waals surface area contributed by atoms with E-state index in [0.717, 1.165) is 17.7 Å². The van der Waals surface area contributed by atoms with Crippen LogP contribution in [0.3, 0.4) is 0 Å². The molecule has 0 unspecified atom stereocenters. The minimum Gasteiger partial charge on any atom is -0.448 e. The van der Waals surface area contributed by atoms with Gasteiger partial charge in [-0.1, -0.05) is 6.07 Å². The molecular weight excluding hydrogens is 240 g/mol. The summed E-state index contributed by atoms with van der Waals surface area (Å²) in [6.07, 6.45) is 0.532. The molecule has 0 saturated heterocycles. The van der Waals surface area contributed by atoms with E-state index in [-0.39, 0.29) is 12.7 Å². The van der Waals surface area contributed by atoms with Gasteiger partial charge < -0.3 is 15.4 Å². The van der Waals surface area contributed by atoms with Crippen molar-refractivity contribution in [2.75, 3.05) is 24.8 Å². The molecule has 4 nitrogen and oxygen atoms in total. The van der Waals surface area contributed by atoms with Crippen molar-refractivity contribution >= 4 is 23.4 Å². The number of nitrogens with two attached hydrogens (primary N) is 1. The molecule has 2 rings (SSSR count). The number of nitrogen functional groups attached to an aromatic ring is 1. The van der Waals surface area contributed by atoms with E-state index in [0.29, 0.717) is 19.0 Å². The third kappa shape index (κ3) is 2.82. The number of carbonyl (C=O) groups excluding carboxylic acids is 1. The fourth-order valence-corrected chi connectivity index (χ4v) is 2.03.